The molecule has 0 aromatic carbocycles. The number of hydrogen-bond donors (Lipinski definition) is 0. The summed E-state index contributed by atoms with van der Waals surface area (Å²) in [5, 5.41) is 8.20. The Morgan fingerprint density at radius 1 is 1.32 bits per heavy atom. The highest BCUT2D eigenvalue weighted by Gasteiger charge is 2.20. The van der Waals surface area contributed by atoms with Gasteiger partial charge in [0, 0.05) is 13.1 Å². The van der Waals surface area contributed by atoms with Crippen LogP contribution in [0.5, 0.6) is 0 Å². The topological polar surface area (TPSA) is 46.1 Å². The predicted molar refractivity (Wildman–Crippen MR) is 82.0 cm³/mol. The molecule has 1 aromatic heterocycles. The second-order valence-electron chi connectivity index (χ2n) is 4.62. The highest BCUT2D eigenvalue weighted by atomic mass is 32.2. The second-order valence-corrected chi connectivity index (χ2v) is 8.33. The summed E-state index contributed by atoms with van der Waals surface area (Å²) in [6.45, 7) is 6.17. The zero-order valence-corrected chi connectivity index (χ0v) is 13.7. The first-order chi connectivity index (χ1) is 9.19. The number of rotatable bonds is 5. The van der Waals surface area contributed by atoms with E-state index in [0.717, 1.165) is 46.3 Å². The standard InChI is InChI=1S/C12H19N3OS3/c1-3-17-11-13-14-12(19-11)18-8-10(16)15-6-4-9(2)5-7-15/h9H,3-8H2,1-2H3. The summed E-state index contributed by atoms with van der Waals surface area (Å²) >= 11 is 4.78. The molecule has 4 nitrogen and oxygen atoms in total. The van der Waals surface area contributed by atoms with Crippen LogP contribution in [0.25, 0.3) is 0 Å². The zero-order chi connectivity index (χ0) is 13.7. The molecule has 0 spiro atoms. The number of amides is 1. The van der Waals surface area contributed by atoms with Gasteiger partial charge in [-0.1, -0.05) is 48.7 Å². The maximum atomic E-state index is 12.1. The van der Waals surface area contributed by atoms with Crippen LogP contribution >= 0.6 is 34.9 Å². The minimum atomic E-state index is 0.233. The number of likely N-dealkylation sites (tertiary alicyclic amines) is 1. The molecular formula is C12H19N3OS3. The number of carbonyl (C=O) groups excluding carboxylic acids is 1. The van der Waals surface area contributed by atoms with Gasteiger partial charge in [-0.3, -0.25) is 4.79 Å². The minimum absolute atomic E-state index is 0.233. The van der Waals surface area contributed by atoms with Gasteiger partial charge in [0.1, 0.15) is 0 Å². The summed E-state index contributed by atoms with van der Waals surface area (Å²) in [6, 6.07) is 0. The lowest BCUT2D eigenvalue weighted by Gasteiger charge is -2.30. The number of hydrogen-bond acceptors (Lipinski definition) is 6. The SMILES string of the molecule is CCSc1nnc(SCC(=O)N2CCC(C)CC2)s1. The van der Waals surface area contributed by atoms with Crippen molar-refractivity contribution >= 4 is 40.8 Å². The molecule has 2 rings (SSSR count). The number of thioether (sulfide) groups is 2. The lowest BCUT2D eigenvalue weighted by atomic mass is 9.99. The molecule has 106 valence electrons. The van der Waals surface area contributed by atoms with Crippen LogP contribution in [0.15, 0.2) is 8.68 Å². The Labute approximate surface area is 126 Å². The molecule has 1 aromatic rings. The Morgan fingerprint density at radius 2 is 1.95 bits per heavy atom. The fourth-order valence-corrected chi connectivity index (χ4v) is 4.73. The fraction of sp³-hybridized carbons (Fsp3) is 0.750. The average Bonchev–Trinajstić information content (AvgIpc) is 2.85. The molecule has 0 aliphatic carbocycles. The van der Waals surface area contributed by atoms with Crippen LogP contribution < -0.4 is 0 Å². The Kier molecular flexibility index (Phi) is 5.97. The number of piperidine rings is 1. The van der Waals surface area contributed by atoms with Gasteiger partial charge in [-0.2, -0.15) is 0 Å². The van der Waals surface area contributed by atoms with E-state index in [-0.39, 0.29) is 5.91 Å². The van der Waals surface area contributed by atoms with Crippen molar-refractivity contribution in [3.8, 4) is 0 Å². The summed E-state index contributed by atoms with van der Waals surface area (Å²) in [5.74, 6) is 2.48. The summed E-state index contributed by atoms with van der Waals surface area (Å²) in [5.41, 5.74) is 0. The van der Waals surface area contributed by atoms with Gasteiger partial charge < -0.3 is 4.90 Å². The van der Waals surface area contributed by atoms with Crippen molar-refractivity contribution in [2.45, 2.75) is 35.4 Å². The fourth-order valence-electron chi connectivity index (χ4n) is 1.91. The van der Waals surface area contributed by atoms with Crippen LogP contribution in [0.4, 0.5) is 0 Å². The molecular weight excluding hydrogens is 298 g/mol. The summed E-state index contributed by atoms with van der Waals surface area (Å²) in [7, 11) is 0. The zero-order valence-electron chi connectivity index (χ0n) is 11.3. The van der Waals surface area contributed by atoms with Crippen LogP contribution in [0.2, 0.25) is 0 Å². The Balaban J connectivity index is 1.76. The molecule has 1 aliphatic rings. The first-order valence-electron chi connectivity index (χ1n) is 6.56. The largest absolute Gasteiger partial charge is 0.342 e. The third-order valence-corrected chi connectivity index (χ3v) is 6.17. The molecule has 0 atom stereocenters. The van der Waals surface area contributed by atoms with Crippen molar-refractivity contribution in [1.29, 1.82) is 0 Å². The maximum absolute atomic E-state index is 12.1. The van der Waals surface area contributed by atoms with Gasteiger partial charge in [-0.15, -0.1) is 10.2 Å². The van der Waals surface area contributed by atoms with Gasteiger partial charge in [0.25, 0.3) is 0 Å². The van der Waals surface area contributed by atoms with Crippen molar-refractivity contribution in [2.75, 3.05) is 24.6 Å². The Bertz CT molecular complexity index is 416. The first kappa shape index (κ1) is 15.1. The average molecular weight is 318 g/mol. The molecule has 7 heteroatoms. The van der Waals surface area contributed by atoms with Crippen LogP contribution in [-0.2, 0) is 4.79 Å². The van der Waals surface area contributed by atoms with Gasteiger partial charge in [-0.25, -0.2) is 0 Å². The second kappa shape index (κ2) is 7.50. The van der Waals surface area contributed by atoms with Crippen LogP contribution in [0, 0.1) is 5.92 Å². The van der Waals surface area contributed by atoms with Crippen LogP contribution in [0.3, 0.4) is 0 Å². The number of aromatic nitrogens is 2. The quantitative estimate of drug-likeness (QED) is 0.781. The summed E-state index contributed by atoms with van der Waals surface area (Å²) in [6.07, 6.45) is 2.26. The van der Waals surface area contributed by atoms with E-state index in [0.29, 0.717) is 5.75 Å². The van der Waals surface area contributed by atoms with Gasteiger partial charge in [0.15, 0.2) is 8.68 Å². The molecule has 0 unspecified atom stereocenters. The molecule has 0 N–H and O–H groups in total. The van der Waals surface area contributed by atoms with Crippen LogP contribution in [0.1, 0.15) is 26.7 Å². The number of nitrogens with zero attached hydrogens (tertiary/aromatic N) is 3. The van der Waals surface area contributed by atoms with E-state index in [1.807, 2.05) is 4.90 Å². The van der Waals surface area contributed by atoms with E-state index in [2.05, 4.69) is 24.0 Å². The normalized spacial score (nSPS) is 16.8. The van der Waals surface area contributed by atoms with Crippen LogP contribution in [-0.4, -0.2) is 45.6 Å². The van der Waals surface area contributed by atoms with E-state index < -0.39 is 0 Å². The molecule has 1 saturated heterocycles. The molecule has 0 bridgehead atoms. The van der Waals surface area contributed by atoms with Gasteiger partial charge in [-0.05, 0) is 24.5 Å². The lowest BCUT2D eigenvalue weighted by Crippen LogP contribution is -2.38. The van der Waals surface area contributed by atoms with Crippen molar-refractivity contribution in [3.63, 3.8) is 0 Å². The molecule has 1 amide bonds. The Hall–Kier alpha value is -0.270. The van der Waals surface area contributed by atoms with E-state index in [4.69, 9.17) is 0 Å². The molecule has 1 aliphatic heterocycles. The van der Waals surface area contributed by atoms with E-state index in [1.165, 1.54) is 11.8 Å². The molecule has 2 heterocycles. The Morgan fingerprint density at radius 3 is 2.58 bits per heavy atom. The van der Waals surface area contributed by atoms with Gasteiger partial charge in [0.2, 0.25) is 5.91 Å². The maximum Gasteiger partial charge on any atom is 0.233 e. The predicted octanol–water partition coefficient (Wildman–Crippen LogP) is 3.00. The van der Waals surface area contributed by atoms with E-state index in [1.54, 1.807) is 23.1 Å². The summed E-state index contributed by atoms with van der Waals surface area (Å²) in [4.78, 5) is 14.0. The van der Waals surface area contributed by atoms with Crippen molar-refractivity contribution < 1.29 is 4.79 Å². The smallest absolute Gasteiger partial charge is 0.233 e. The molecule has 0 saturated carbocycles. The number of carbonyl (C=O) groups is 1. The van der Waals surface area contributed by atoms with E-state index >= 15 is 0 Å². The highest BCUT2D eigenvalue weighted by Crippen LogP contribution is 2.28. The van der Waals surface area contributed by atoms with E-state index in [9.17, 15) is 4.79 Å². The summed E-state index contributed by atoms with van der Waals surface area (Å²) < 4.78 is 1.89. The monoisotopic (exact) mass is 317 g/mol. The van der Waals surface area contributed by atoms with Gasteiger partial charge >= 0.3 is 0 Å². The lowest BCUT2D eigenvalue weighted by molar-refractivity contribution is -0.129. The minimum Gasteiger partial charge on any atom is -0.342 e. The molecule has 0 radical (unpaired) electrons. The highest BCUT2D eigenvalue weighted by molar-refractivity contribution is 8.03. The third kappa shape index (κ3) is 4.65. The van der Waals surface area contributed by atoms with Crippen molar-refractivity contribution in [1.82, 2.24) is 15.1 Å². The van der Waals surface area contributed by atoms with Crippen molar-refractivity contribution in [2.24, 2.45) is 5.92 Å². The van der Waals surface area contributed by atoms with Crippen molar-refractivity contribution in [3.05, 3.63) is 0 Å². The van der Waals surface area contributed by atoms with Gasteiger partial charge in [0.05, 0.1) is 5.75 Å². The first-order valence-corrected chi connectivity index (χ1v) is 9.34. The third-order valence-electron chi connectivity index (χ3n) is 3.11. The molecule has 19 heavy (non-hydrogen) atoms. The molecule has 1 fully saturated rings.